The number of hydrogen-bond donors (Lipinski definition) is 1. The maximum Gasteiger partial charge on any atom is 0.337 e. The summed E-state index contributed by atoms with van der Waals surface area (Å²) in [7, 11) is 0. The highest BCUT2D eigenvalue weighted by Crippen LogP contribution is 2.29. The van der Waals surface area contributed by atoms with Crippen LogP contribution in [-0.4, -0.2) is 65.4 Å². The van der Waals surface area contributed by atoms with Gasteiger partial charge in [0, 0.05) is 38.4 Å². The SMILES string of the molecule is Cl.O=C(O)c1ccc(N2CCC(OC3CCN(C4CCC4)CC3)CC2)nc1. The van der Waals surface area contributed by atoms with Gasteiger partial charge in [0.15, 0.2) is 0 Å². The molecule has 3 heterocycles. The van der Waals surface area contributed by atoms with Gasteiger partial charge in [-0.15, -0.1) is 12.4 Å². The molecule has 0 spiro atoms. The van der Waals surface area contributed by atoms with E-state index in [0.717, 1.165) is 37.8 Å². The molecule has 4 rings (SSSR count). The smallest absolute Gasteiger partial charge is 0.337 e. The van der Waals surface area contributed by atoms with E-state index < -0.39 is 5.97 Å². The summed E-state index contributed by atoms with van der Waals surface area (Å²) in [5, 5.41) is 8.97. The second kappa shape index (κ2) is 9.22. The number of ether oxygens (including phenoxy) is 1. The predicted molar refractivity (Wildman–Crippen MR) is 107 cm³/mol. The third-order valence-corrected chi connectivity index (χ3v) is 6.21. The van der Waals surface area contributed by atoms with Crippen molar-refractivity contribution in [3.63, 3.8) is 0 Å². The summed E-state index contributed by atoms with van der Waals surface area (Å²) in [4.78, 5) is 20.1. The number of piperidine rings is 2. The molecular weight excluding hydrogens is 366 g/mol. The number of nitrogens with zero attached hydrogens (tertiary/aromatic N) is 3. The number of carboxylic acid groups (broad SMARTS) is 1. The Kier molecular flexibility index (Phi) is 6.95. The molecule has 0 atom stereocenters. The van der Waals surface area contributed by atoms with Crippen molar-refractivity contribution in [3.05, 3.63) is 23.9 Å². The Morgan fingerprint density at radius 2 is 1.63 bits per heavy atom. The van der Waals surface area contributed by atoms with Gasteiger partial charge in [0.1, 0.15) is 5.82 Å². The number of aromatic nitrogens is 1. The van der Waals surface area contributed by atoms with Crippen molar-refractivity contribution in [2.75, 3.05) is 31.1 Å². The van der Waals surface area contributed by atoms with Gasteiger partial charge in [-0.3, -0.25) is 0 Å². The minimum absolute atomic E-state index is 0. The fourth-order valence-corrected chi connectivity index (χ4v) is 4.32. The molecule has 3 aliphatic rings. The topological polar surface area (TPSA) is 65.9 Å². The van der Waals surface area contributed by atoms with E-state index in [1.165, 1.54) is 51.4 Å². The van der Waals surface area contributed by atoms with Crippen LogP contribution in [0.2, 0.25) is 0 Å². The van der Waals surface area contributed by atoms with Crippen molar-refractivity contribution >= 4 is 24.2 Å². The van der Waals surface area contributed by atoms with Gasteiger partial charge >= 0.3 is 5.97 Å². The lowest BCUT2D eigenvalue weighted by Crippen LogP contribution is -2.47. The zero-order valence-electron chi connectivity index (χ0n) is 15.8. The number of rotatable bonds is 5. The number of halogens is 1. The van der Waals surface area contributed by atoms with Gasteiger partial charge in [-0.25, -0.2) is 9.78 Å². The van der Waals surface area contributed by atoms with Crippen LogP contribution in [0, 0.1) is 0 Å². The van der Waals surface area contributed by atoms with Crippen LogP contribution in [0.1, 0.15) is 55.3 Å². The van der Waals surface area contributed by atoms with Gasteiger partial charge in [0.05, 0.1) is 17.8 Å². The Hall–Kier alpha value is -1.37. The van der Waals surface area contributed by atoms with Crippen LogP contribution < -0.4 is 4.90 Å². The standard InChI is InChI=1S/C20H29N3O3.ClH/c24-20(25)15-4-5-19(21-14-15)23-12-8-18(9-13-23)26-17-6-10-22(11-7-17)16-2-1-3-16;/h4-5,14,16-18H,1-3,6-13H2,(H,24,25);1H. The molecule has 3 fully saturated rings. The van der Waals surface area contributed by atoms with E-state index in [2.05, 4.69) is 14.8 Å². The highest BCUT2D eigenvalue weighted by atomic mass is 35.5. The first-order valence-electron chi connectivity index (χ1n) is 10.0. The average molecular weight is 396 g/mol. The van der Waals surface area contributed by atoms with Crippen LogP contribution in [0.4, 0.5) is 5.82 Å². The Bertz CT molecular complexity index is 607. The molecule has 6 nitrogen and oxygen atoms in total. The van der Waals surface area contributed by atoms with Crippen LogP contribution in [0.15, 0.2) is 18.3 Å². The summed E-state index contributed by atoms with van der Waals surface area (Å²) < 4.78 is 6.40. The van der Waals surface area contributed by atoms with Crippen LogP contribution in [0.3, 0.4) is 0 Å². The molecule has 0 bridgehead atoms. The van der Waals surface area contributed by atoms with E-state index in [0.29, 0.717) is 12.2 Å². The summed E-state index contributed by atoms with van der Waals surface area (Å²) in [6.07, 6.45) is 10.8. The molecule has 1 N–H and O–H groups in total. The lowest BCUT2D eigenvalue weighted by molar-refractivity contribution is -0.0598. The molecule has 27 heavy (non-hydrogen) atoms. The molecule has 2 saturated heterocycles. The zero-order valence-corrected chi connectivity index (χ0v) is 16.6. The summed E-state index contributed by atoms with van der Waals surface area (Å²) in [5.41, 5.74) is 0.236. The van der Waals surface area contributed by atoms with Crippen molar-refractivity contribution in [2.45, 2.75) is 63.2 Å². The molecule has 0 aromatic carbocycles. The number of carbonyl (C=O) groups is 1. The molecule has 0 radical (unpaired) electrons. The molecule has 7 heteroatoms. The molecular formula is C20H30ClN3O3. The normalized spacial score (nSPS) is 22.9. The van der Waals surface area contributed by atoms with Gasteiger partial charge in [-0.1, -0.05) is 6.42 Å². The first-order chi connectivity index (χ1) is 12.7. The summed E-state index contributed by atoms with van der Waals surface area (Å²) in [6, 6.07) is 4.29. The van der Waals surface area contributed by atoms with E-state index in [9.17, 15) is 4.79 Å². The van der Waals surface area contributed by atoms with E-state index in [4.69, 9.17) is 9.84 Å². The number of anilines is 1. The van der Waals surface area contributed by atoms with E-state index in [1.807, 2.05) is 0 Å². The van der Waals surface area contributed by atoms with Crippen molar-refractivity contribution in [2.24, 2.45) is 0 Å². The Labute approximate surface area is 167 Å². The average Bonchev–Trinajstić information content (AvgIpc) is 2.63. The van der Waals surface area contributed by atoms with Crippen LogP contribution >= 0.6 is 12.4 Å². The van der Waals surface area contributed by atoms with E-state index in [-0.39, 0.29) is 18.0 Å². The van der Waals surface area contributed by atoms with Crippen LogP contribution in [-0.2, 0) is 4.74 Å². The monoisotopic (exact) mass is 395 g/mol. The lowest BCUT2D eigenvalue weighted by atomic mass is 9.89. The molecule has 1 aromatic rings. The van der Waals surface area contributed by atoms with Crippen molar-refractivity contribution in [1.29, 1.82) is 0 Å². The van der Waals surface area contributed by atoms with E-state index in [1.54, 1.807) is 12.1 Å². The molecule has 0 unspecified atom stereocenters. The highest BCUT2D eigenvalue weighted by molar-refractivity contribution is 5.87. The van der Waals surface area contributed by atoms with Crippen molar-refractivity contribution < 1.29 is 14.6 Å². The van der Waals surface area contributed by atoms with Gasteiger partial charge in [-0.05, 0) is 50.7 Å². The van der Waals surface area contributed by atoms with Crippen molar-refractivity contribution in [3.8, 4) is 0 Å². The maximum absolute atomic E-state index is 10.9. The number of pyridine rings is 1. The highest BCUT2D eigenvalue weighted by Gasteiger charge is 2.30. The van der Waals surface area contributed by atoms with Crippen molar-refractivity contribution in [1.82, 2.24) is 9.88 Å². The number of carboxylic acids is 1. The maximum atomic E-state index is 10.9. The third-order valence-electron chi connectivity index (χ3n) is 6.21. The Morgan fingerprint density at radius 1 is 1.00 bits per heavy atom. The van der Waals surface area contributed by atoms with Gasteiger partial charge in [0.25, 0.3) is 0 Å². The number of aromatic carboxylic acids is 1. The first-order valence-corrected chi connectivity index (χ1v) is 10.0. The second-order valence-corrected chi connectivity index (χ2v) is 7.85. The third kappa shape index (κ3) is 4.92. The second-order valence-electron chi connectivity index (χ2n) is 7.85. The quantitative estimate of drug-likeness (QED) is 0.825. The fourth-order valence-electron chi connectivity index (χ4n) is 4.32. The van der Waals surface area contributed by atoms with Crippen LogP contribution in [0.25, 0.3) is 0 Å². The van der Waals surface area contributed by atoms with Gasteiger partial charge in [0.2, 0.25) is 0 Å². The van der Waals surface area contributed by atoms with Gasteiger partial charge < -0.3 is 19.6 Å². The molecule has 150 valence electrons. The van der Waals surface area contributed by atoms with Crippen LogP contribution in [0.5, 0.6) is 0 Å². The largest absolute Gasteiger partial charge is 0.478 e. The predicted octanol–water partition coefficient (Wildman–Crippen LogP) is 3.20. The zero-order chi connectivity index (χ0) is 17.9. The van der Waals surface area contributed by atoms with E-state index >= 15 is 0 Å². The molecule has 1 aliphatic carbocycles. The molecule has 1 aromatic heterocycles. The summed E-state index contributed by atoms with van der Waals surface area (Å²) in [6.45, 7) is 4.25. The summed E-state index contributed by atoms with van der Waals surface area (Å²) >= 11 is 0. The first kappa shape index (κ1) is 20.4. The number of likely N-dealkylation sites (tertiary alicyclic amines) is 1. The molecule has 1 saturated carbocycles. The fraction of sp³-hybridized carbons (Fsp3) is 0.700. The minimum atomic E-state index is -0.931. The molecule has 2 aliphatic heterocycles. The lowest BCUT2D eigenvalue weighted by Gasteiger charge is -2.42. The Balaban J connectivity index is 0.00000210. The van der Waals surface area contributed by atoms with Gasteiger partial charge in [-0.2, -0.15) is 0 Å². The Morgan fingerprint density at radius 3 is 2.11 bits per heavy atom. The minimum Gasteiger partial charge on any atom is -0.478 e. The number of hydrogen-bond acceptors (Lipinski definition) is 5. The summed E-state index contributed by atoms with van der Waals surface area (Å²) in [5.74, 6) is -0.0678. The molecule has 0 amide bonds.